The van der Waals surface area contributed by atoms with E-state index in [9.17, 15) is 4.79 Å². The van der Waals surface area contributed by atoms with E-state index in [1.807, 2.05) is 43.3 Å². The summed E-state index contributed by atoms with van der Waals surface area (Å²) in [5, 5.41) is 3.46. The van der Waals surface area contributed by atoms with E-state index in [1.54, 1.807) is 48.2 Å². The Morgan fingerprint density at radius 3 is 2.65 bits per heavy atom. The molecule has 0 spiro atoms. The molecule has 2 aromatic carbocycles. The third kappa shape index (κ3) is 4.39. The normalized spacial score (nSPS) is 11.8. The highest BCUT2D eigenvalue weighted by atomic mass is 35.5. The van der Waals surface area contributed by atoms with Gasteiger partial charge in [-0.15, -0.1) is 0 Å². The molecule has 0 saturated heterocycles. The highest BCUT2D eigenvalue weighted by molar-refractivity contribution is 7.99. The lowest BCUT2D eigenvalue weighted by atomic mass is 10.2. The second kappa shape index (κ2) is 8.29. The summed E-state index contributed by atoms with van der Waals surface area (Å²) in [6, 6.07) is 12.9. The van der Waals surface area contributed by atoms with Crippen molar-refractivity contribution in [3.05, 3.63) is 66.2 Å². The van der Waals surface area contributed by atoms with Gasteiger partial charge < -0.3 is 14.6 Å². The summed E-state index contributed by atoms with van der Waals surface area (Å²) < 4.78 is 6.90. The number of halogens is 1. The number of nitrogens with zero attached hydrogens (tertiary/aromatic N) is 2. The summed E-state index contributed by atoms with van der Waals surface area (Å²) in [6.07, 6.45) is 5.02. The van der Waals surface area contributed by atoms with Gasteiger partial charge in [0, 0.05) is 27.9 Å². The van der Waals surface area contributed by atoms with Crippen LogP contribution in [0.4, 0.5) is 5.69 Å². The lowest BCUT2D eigenvalue weighted by molar-refractivity contribution is -0.118. The smallest absolute Gasteiger partial charge is 0.247 e. The third-order valence-corrected chi connectivity index (χ3v) is 5.35. The van der Waals surface area contributed by atoms with Crippen LogP contribution in [0.25, 0.3) is 0 Å². The first-order valence-corrected chi connectivity index (χ1v) is 9.16. The van der Waals surface area contributed by atoms with Gasteiger partial charge in [0.25, 0.3) is 0 Å². The van der Waals surface area contributed by atoms with E-state index in [0.29, 0.717) is 10.7 Å². The largest absolute Gasteiger partial charge is 0.497 e. The van der Waals surface area contributed by atoms with Crippen LogP contribution in [0.1, 0.15) is 13.0 Å². The molecule has 3 aromatic rings. The Morgan fingerprint density at radius 2 is 2.04 bits per heavy atom. The van der Waals surface area contributed by atoms with Crippen LogP contribution in [0.2, 0.25) is 5.02 Å². The number of methoxy groups -OCH3 is 1. The van der Waals surface area contributed by atoms with Crippen molar-refractivity contribution in [2.75, 3.05) is 12.4 Å². The van der Waals surface area contributed by atoms with Crippen LogP contribution in [0.3, 0.4) is 0 Å². The molecule has 0 radical (unpaired) electrons. The van der Waals surface area contributed by atoms with Crippen molar-refractivity contribution in [2.45, 2.75) is 22.8 Å². The number of anilines is 1. The first-order chi connectivity index (χ1) is 12.6. The number of ether oxygens (including phenoxy) is 1. The minimum Gasteiger partial charge on any atom is -0.497 e. The molecule has 0 bridgehead atoms. The molecule has 3 rings (SSSR count). The summed E-state index contributed by atoms with van der Waals surface area (Å²) in [5.41, 5.74) is 0.658. The molecule has 1 aromatic heterocycles. The molecule has 0 fully saturated rings. The van der Waals surface area contributed by atoms with Crippen LogP contribution in [0.5, 0.6) is 5.75 Å². The van der Waals surface area contributed by atoms with Crippen molar-refractivity contribution in [3.8, 4) is 5.75 Å². The standard InChI is InChI=1S/C19H18ClN3O2S/c1-13(23-10-9-21-12-23)19(24)22-14-3-8-18(17(20)11-14)26-16-6-4-15(25-2)5-7-16/h3-13H,1-2H3,(H,22,24). The van der Waals surface area contributed by atoms with Gasteiger partial charge in [0.1, 0.15) is 11.8 Å². The number of hydrogen-bond acceptors (Lipinski definition) is 4. The van der Waals surface area contributed by atoms with Gasteiger partial charge in [0.05, 0.1) is 18.5 Å². The first-order valence-electron chi connectivity index (χ1n) is 7.96. The number of carbonyl (C=O) groups excluding carboxylic acids is 1. The van der Waals surface area contributed by atoms with Crippen molar-refractivity contribution in [1.82, 2.24) is 9.55 Å². The van der Waals surface area contributed by atoms with Crippen molar-refractivity contribution >= 4 is 35.0 Å². The minimum absolute atomic E-state index is 0.130. The van der Waals surface area contributed by atoms with Crippen molar-refractivity contribution in [3.63, 3.8) is 0 Å². The summed E-state index contributed by atoms with van der Waals surface area (Å²) in [7, 11) is 1.64. The van der Waals surface area contributed by atoms with Gasteiger partial charge in [-0.2, -0.15) is 0 Å². The maximum atomic E-state index is 12.3. The first kappa shape index (κ1) is 18.4. The Hall–Kier alpha value is -2.44. The topological polar surface area (TPSA) is 56.1 Å². The average Bonchev–Trinajstić information content (AvgIpc) is 3.18. The quantitative estimate of drug-likeness (QED) is 0.653. The Bertz CT molecular complexity index is 882. The molecule has 0 aliphatic carbocycles. The molecule has 0 aliphatic heterocycles. The maximum absolute atomic E-state index is 12.3. The number of amides is 1. The van der Waals surface area contributed by atoms with Crippen molar-refractivity contribution in [1.29, 1.82) is 0 Å². The van der Waals surface area contributed by atoms with Crippen LogP contribution in [-0.4, -0.2) is 22.6 Å². The number of aromatic nitrogens is 2. The molecule has 26 heavy (non-hydrogen) atoms. The fourth-order valence-corrected chi connectivity index (χ4v) is 3.43. The van der Waals surface area contributed by atoms with Gasteiger partial charge in [-0.3, -0.25) is 4.79 Å². The Balaban J connectivity index is 1.67. The fraction of sp³-hybridized carbons (Fsp3) is 0.158. The van der Waals surface area contributed by atoms with Gasteiger partial charge in [-0.05, 0) is 49.4 Å². The van der Waals surface area contributed by atoms with Gasteiger partial charge in [0.2, 0.25) is 5.91 Å². The van der Waals surface area contributed by atoms with E-state index in [0.717, 1.165) is 15.5 Å². The van der Waals surface area contributed by atoms with Gasteiger partial charge >= 0.3 is 0 Å². The zero-order valence-corrected chi connectivity index (χ0v) is 15.9. The van der Waals surface area contributed by atoms with Crippen LogP contribution in [-0.2, 0) is 4.79 Å². The van der Waals surface area contributed by atoms with Crippen LogP contribution in [0, 0.1) is 0 Å². The predicted octanol–water partition coefficient (Wildman–Crippen LogP) is 4.90. The molecule has 5 nitrogen and oxygen atoms in total. The van der Waals surface area contributed by atoms with E-state index in [2.05, 4.69) is 10.3 Å². The molecule has 0 aliphatic rings. The monoisotopic (exact) mass is 387 g/mol. The highest BCUT2D eigenvalue weighted by Gasteiger charge is 2.15. The minimum atomic E-state index is -0.357. The summed E-state index contributed by atoms with van der Waals surface area (Å²) in [4.78, 5) is 18.3. The molecule has 1 amide bonds. The number of imidazole rings is 1. The van der Waals surface area contributed by atoms with Crippen LogP contribution < -0.4 is 10.1 Å². The van der Waals surface area contributed by atoms with Crippen LogP contribution in [0.15, 0.2) is 71.0 Å². The van der Waals surface area contributed by atoms with Crippen molar-refractivity contribution < 1.29 is 9.53 Å². The van der Waals surface area contributed by atoms with Gasteiger partial charge in [0.15, 0.2) is 0 Å². The van der Waals surface area contributed by atoms with E-state index in [1.165, 1.54) is 0 Å². The number of nitrogens with one attached hydrogen (secondary N) is 1. The molecular formula is C19H18ClN3O2S. The molecule has 134 valence electrons. The lowest BCUT2D eigenvalue weighted by Crippen LogP contribution is -2.22. The molecule has 7 heteroatoms. The zero-order chi connectivity index (χ0) is 18.5. The maximum Gasteiger partial charge on any atom is 0.247 e. The Kier molecular flexibility index (Phi) is 5.85. The zero-order valence-electron chi connectivity index (χ0n) is 14.3. The van der Waals surface area contributed by atoms with Gasteiger partial charge in [-0.1, -0.05) is 23.4 Å². The highest BCUT2D eigenvalue weighted by Crippen LogP contribution is 2.35. The molecular weight excluding hydrogens is 370 g/mol. The predicted molar refractivity (Wildman–Crippen MR) is 104 cm³/mol. The van der Waals surface area contributed by atoms with Gasteiger partial charge in [-0.25, -0.2) is 4.98 Å². The van der Waals surface area contributed by atoms with Crippen LogP contribution >= 0.6 is 23.4 Å². The third-order valence-electron chi connectivity index (χ3n) is 3.84. The summed E-state index contributed by atoms with van der Waals surface area (Å²) in [6.45, 7) is 1.81. The second-order valence-electron chi connectivity index (χ2n) is 5.60. The number of rotatable bonds is 6. The van der Waals surface area contributed by atoms with E-state index in [4.69, 9.17) is 16.3 Å². The molecule has 0 saturated carbocycles. The molecule has 1 heterocycles. The summed E-state index contributed by atoms with van der Waals surface area (Å²) >= 11 is 7.94. The van der Waals surface area contributed by atoms with E-state index >= 15 is 0 Å². The Morgan fingerprint density at radius 1 is 1.27 bits per heavy atom. The molecule has 1 unspecified atom stereocenters. The fourth-order valence-electron chi connectivity index (χ4n) is 2.31. The number of hydrogen-bond donors (Lipinski definition) is 1. The number of carbonyl (C=O) groups is 1. The number of benzene rings is 2. The van der Waals surface area contributed by atoms with Crippen molar-refractivity contribution in [2.24, 2.45) is 0 Å². The van der Waals surface area contributed by atoms with E-state index in [-0.39, 0.29) is 11.9 Å². The summed E-state index contributed by atoms with van der Waals surface area (Å²) in [5.74, 6) is 0.681. The molecule has 1 N–H and O–H groups in total. The lowest BCUT2D eigenvalue weighted by Gasteiger charge is -2.14. The molecule has 1 atom stereocenters. The SMILES string of the molecule is COc1ccc(Sc2ccc(NC(=O)C(C)n3ccnc3)cc2Cl)cc1. The second-order valence-corrected chi connectivity index (χ2v) is 7.12. The average molecular weight is 388 g/mol. The Labute approximate surface area is 161 Å². The van der Waals surface area contributed by atoms with E-state index < -0.39 is 0 Å².